The summed E-state index contributed by atoms with van der Waals surface area (Å²) in [6, 6.07) is 0. The molecule has 0 aromatic rings. The third-order valence-corrected chi connectivity index (χ3v) is 1.45. The molecule has 0 nitrogen and oxygen atoms in total. The van der Waals surface area contributed by atoms with Gasteiger partial charge in [0, 0.05) is 10.9 Å². The van der Waals surface area contributed by atoms with Gasteiger partial charge in [-0.1, -0.05) is 24.6 Å². The van der Waals surface area contributed by atoms with Crippen LogP contribution in [0, 0.1) is 0 Å². The van der Waals surface area contributed by atoms with Crippen LogP contribution in [0.4, 0.5) is 0 Å². The molecule has 0 heterocycles. The van der Waals surface area contributed by atoms with Crippen molar-refractivity contribution in [3.63, 3.8) is 0 Å². The van der Waals surface area contributed by atoms with Gasteiger partial charge in [-0.15, -0.1) is 11.6 Å². The van der Waals surface area contributed by atoms with Gasteiger partial charge in [-0.2, -0.15) is 0 Å². The zero-order valence-electron chi connectivity index (χ0n) is 4.95. The second-order valence-electron chi connectivity index (χ2n) is 1.48. The van der Waals surface area contributed by atoms with Crippen molar-refractivity contribution in [1.82, 2.24) is 0 Å². The van der Waals surface area contributed by atoms with Gasteiger partial charge >= 0.3 is 0 Å². The molecule has 0 bridgehead atoms. The zero-order valence-corrected chi connectivity index (χ0v) is 6.47. The summed E-state index contributed by atoms with van der Waals surface area (Å²) < 4.78 is 0. The molecule has 0 rings (SSSR count). The molecule has 0 aromatic carbocycles. The fraction of sp³-hybridized carbons (Fsp3) is 0.667. The SMILES string of the molecule is CC/C(Cl)=C/CCCl. The van der Waals surface area contributed by atoms with Crippen LogP contribution in [0.5, 0.6) is 0 Å². The van der Waals surface area contributed by atoms with Crippen LogP contribution in [-0.2, 0) is 0 Å². The summed E-state index contributed by atoms with van der Waals surface area (Å²) in [5, 5.41) is 0.908. The summed E-state index contributed by atoms with van der Waals surface area (Å²) in [5.74, 6) is 0.663. The van der Waals surface area contributed by atoms with Gasteiger partial charge in [-0.25, -0.2) is 0 Å². The van der Waals surface area contributed by atoms with Crippen LogP contribution in [0.3, 0.4) is 0 Å². The van der Waals surface area contributed by atoms with Gasteiger partial charge in [0.25, 0.3) is 0 Å². The molecule has 0 N–H and O–H groups in total. The quantitative estimate of drug-likeness (QED) is 0.546. The standard InChI is InChI=1S/C6H10Cl2/c1-2-6(8)4-3-5-7/h4H,2-3,5H2,1H3/b6-4-. The van der Waals surface area contributed by atoms with Crippen LogP contribution in [0.25, 0.3) is 0 Å². The van der Waals surface area contributed by atoms with E-state index in [1.807, 2.05) is 13.0 Å². The third-order valence-electron chi connectivity index (χ3n) is 0.813. The van der Waals surface area contributed by atoms with Gasteiger partial charge in [0.15, 0.2) is 0 Å². The van der Waals surface area contributed by atoms with E-state index in [9.17, 15) is 0 Å². The molecule has 0 saturated heterocycles. The number of hydrogen-bond donors (Lipinski definition) is 0. The summed E-state index contributed by atoms with van der Waals surface area (Å²) in [6.07, 6.45) is 3.75. The van der Waals surface area contributed by atoms with E-state index in [1.165, 1.54) is 0 Å². The van der Waals surface area contributed by atoms with Crippen LogP contribution in [0.15, 0.2) is 11.1 Å². The van der Waals surface area contributed by atoms with Crippen molar-refractivity contribution in [2.75, 3.05) is 5.88 Å². The smallest absolute Gasteiger partial charge is 0.0258 e. The van der Waals surface area contributed by atoms with Crippen molar-refractivity contribution in [2.24, 2.45) is 0 Å². The summed E-state index contributed by atoms with van der Waals surface area (Å²) >= 11 is 11.0. The molecule has 0 amide bonds. The zero-order chi connectivity index (χ0) is 6.41. The third kappa shape index (κ3) is 4.48. The maximum absolute atomic E-state index is 5.65. The molecular weight excluding hydrogens is 143 g/mol. The Balaban J connectivity index is 3.26. The topological polar surface area (TPSA) is 0 Å². The Labute approximate surface area is 60.5 Å². The lowest BCUT2D eigenvalue weighted by Crippen LogP contribution is -1.70. The molecule has 0 radical (unpaired) electrons. The van der Waals surface area contributed by atoms with E-state index in [4.69, 9.17) is 23.2 Å². The molecule has 0 unspecified atom stereocenters. The fourth-order valence-electron chi connectivity index (χ4n) is 0.356. The highest BCUT2D eigenvalue weighted by Crippen LogP contribution is 2.06. The first-order valence-corrected chi connectivity index (χ1v) is 3.63. The van der Waals surface area contributed by atoms with Crippen LogP contribution < -0.4 is 0 Å². The van der Waals surface area contributed by atoms with Gasteiger partial charge in [0.05, 0.1) is 0 Å². The minimum Gasteiger partial charge on any atom is -0.126 e. The predicted molar refractivity (Wildman–Crippen MR) is 39.6 cm³/mol. The van der Waals surface area contributed by atoms with Crippen molar-refractivity contribution in [3.05, 3.63) is 11.1 Å². The van der Waals surface area contributed by atoms with E-state index in [1.54, 1.807) is 0 Å². The van der Waals surface area contributed by atoms with Crippen LogP contribution in [-0.4, -0.2) is 5.88 Å². The van der Waals surface area contributed by atoms with E-state index in [2.05, 4.69) is 0 Å². The molecule has 0 aliphatic carbocycles. The Kier molecular flexibility index (Phi) is 5.67. The molecule has 2 heteroatoms. The molecular formula is C6H10Cl2. The molecule has 0 fully saturated rings. The summed E-state index contributed by atoms with van der Waals surface area (Å²) in [6.45, 7) is 2.02. The number of alkyl halides is 1. The summed E-state index contributed by atoms with van der Waals surface area (Å²) in [5.41, 5.74) is 0. The molecule has 0 saturated carbocycles. The molecule has 0 aromatic heterocycles. The first-order valence-electron chi connectivity index (χ1n) is 2.71. The largest absolute Gasteiger partial charge is 0.126 e. The van der Waals surface area contributed by atoms with Crippen LogP contribution in [0.2, 0.25) is 0 Å². The van der Waals surface area contributed by atoms with Gasteiger partial charge in [-0.05, 0) is 12.8 Å². The molecule has 8 heavy (non-hydrogen) atoms. The number of rotatable bonds is 3. The Bertz CT molecular complexity index is 76.6. The highest BCUT2D eigenvalue weighted by molar-refractivity contribution is 6.29. The molecule has 0 aliphatic rings. The van der Waals surface area contributed by atoms with Crippen molar-refractivity contribution < 1.29 is 0 Å². The Hall–Kier alpha value is 0.320. The minimum absolute atomic E-state index is 0.663. The molecule has 0 aliphatic heterocycles. The van der Waals surface area contributed by atoms with Crippen LogP contribution >= 0.6 is 23.2 Å². The monoisotopic (exact) mass is 152 g/mol. The predicted octanol–water partition coefficient (Wildman–Crippen LogP) is 3.15. The highest BCUT2D eigenvalue weighted by Gasteiger charge is 1.83. The summed E-state index contributed by atoms with van der Waals surface area (Å²) in [7, 11) is 0. The lowest BCUT2D eigenvalue weighted by molar-refractivity contribution is 1.14. The second-order valence-corrected chi connectivity index (χ2v) is 2.35. The fourth-order valence-corrected chi connectivity index (χ4v) is 0.574. The first kappa shape index (κ1) is 8.32. The molecule has 0 atom stereocenters. The number of hydrogen-bond acceptors (Lipinski definition) is 0. The number of allylic oxidation sites excluding steroid dienone is 2. The minimum atomic E-state index is 0.663. The maximum Gasteiger partial charge on any atom is 0.0258 e. The van der Waals surface area contributed by atoms with E-state index < -0.39 is 0 Å². The van der Waals surface area contributed by atoms with E-state index >= 15 is 0 Å². The van der Waals surface area contributed by atoms with Crippen molar-refractivity contribution >= 4 is 23.2 Å². The van der Waals surface area contributed by atoms with E-state index in [0.29, 0.717) is 5.88 Å². The van der Waals surface area contributed by atoms with Gasteiger partial charge in [0.2, 0.25) is 0 Å². The normalized spacial score (nSPS) is 12.1. The lowest BCUT2D eigenvalue weighted by Gasteiger charge is -1.87. The van der Waals surface area contributed by atoms with Gasteiger partial charge < -0.3 is 0 Å². The van der Waals surface area contributed by atoms with Crippen molar-refractivity contribution in [3.8, 4) is 0 Å². The number of halogens is 2. The van der Waals surface area contributed by atoms with E-state index in [-0.39, 0.29) is 0 Å². The maximum atomic E-state index is 5.65. The molecule has 48 valence electrons. The highest BCUT2D eigenvalue weighted by atomic mass is 35.5. The Morgan fingerprint density at radius 1 is 1.62 bits per heavy atom. The van der Waals surface area contributed by atoms with Gasteiger partial charge in [-0.3, -0.25) is 0 Å². The lowest BCUT2D eigenvalue weighted by atomic mass is 10.3. The summed E-state index contributed by atoms with van der Waals surface area (Å²) in [4.78, 5) is 0. The van der Waals surface area contributed by atoms with Crippen LogP contribution in [0.1, 0.15) is 19.8 Å². The Morgan fingerprint density at radius 3 is 2.62 bits per heavy atom. The first-order chi connectivity index (χ1) is 3.81. The van der Waals surface area contributed by atoms with Gasteiger partial charge in [0.1, 0.15) is 0 Å². The average Bonchev–Trinajstić information content (AvgIpc) is 1.83. The Morgan fingerprint density at radius 2 is 2.25 bits per heavy atom. The van der Waals surface area contributed by atoms with Crippen molar-refractivity contribution in [2.45, 2.75) is 19.8 Å². The second kappa shape index (κ2) is 5.46. The molecule has 0 spiro atoms. The van der Waals surface area contributed by atoms with E-state index in [0.717, 1.165) is 17.9 Å². The van der Waals surface area contributed by atoms with Crippen molar-refractivity contribution in [1.29, 1.82) is 0 Å². The average molecular weight is 153 g/mol.